The van der Waals surface area contributed by atoms with Crippen molar-refractivity contribution in [1.29, 1.82) is 0 Å². The highest BCUT2D eigenvalue weighted by Gasteiger charge is 2.08. The number of anilines is 1. The van der Waals surface area contributed by atoms with Crippen LogP contribution in [0.2, 0.25) is 0 Å². The summed E-state index contributed by atoms with van der Waals surface area (Å²) in [5.74, 6) is -0.201. The number of aromatic nitrogens is 4. The zero-order valence-corrected chi connectivity index (χ0v) is 9.29. The number of hydrogen-bond donors (Lipinski definition) is 2. The minimum Gasteiger partial charge on any atom is -0.321 e. The van der Waals surface area contributed by atoms with Crippen molar-refractivity contribution >= 4 is 22.6 Å². The Balaban J connectivity index is 1.87. The lowest BCUT2D eigenvalue weighted by molar-refractivity contribution is 0.102. The third kappa shape index (κ3) is 1.91. The summed E-state index contributed by atoms with van der Waals surface area (Å²) < 4.78 is 0. The molecule has 0 unspecified atom stereocenters. The molecule has 0 spiro atoms. The Labute approximate surface area is 102 Å². The van der Waals surface area contributed by atoms with Gasteiger partial charge in [0.2, 0.25) is 0 Å². The lowest BCUT2D eigenvalue weighted by Gasteiger charge is -2.03. The van der Waals surface area contributed by atoms with Gasteiger partial charge in [-0.3, -0.25) is 9.78 Å². The summed E-state index contributed by atoms with van der Waals surface area (Å²) in [4.78, 5) is 15.9. The first kappa shape index (κ1) is 10.4. The highest BCUT2D eigenvalue weighted by Crippen LogP contribution is 2.12. The fourth-order valence-electron chi connectivity index (χ4n) is 1.62. The molecule has 0 saturated carbocycles. The summed E-state index contributed by atoms with van der Waals surface area (Å²) in [5, 5.41) is 13.1. The van der Waals surface area contributed by atoms with Gasteiger partial charge in [0.1, 0.15) is 11.0 Å². The number of carbonyl (C=O) groups excluding carboxylic acids is 1. The van der Waals surface area contributed by atoms with E-state index in [4.69, 9.17) is 0 Å². The average molecular weight is 239 g/mol. The van der Waals surface area contributed by atoms with Crippen molar-refractivity contribution in [2.45, 2.75) is 0 Å². The normalized spacial score (nSPS) is 10.4. The quantitative estimate of drug-likeness (QED) is 0.711. The van der Waals surface area contributed by atoms with Gasteiger partial charge in [-0.15, -0.1) is 0 Å². The number of carbonyl (C=O) groups is 1. The second kappa shape index (κ2) is 4.25. The number of nitrogens with zero attached hydrogens (tertiary/aromatic N) is 3. The van der Waals surface area contributed by atoms with Gasteiger partial charge in [-0.1, -0.05) is 0 Å². The van der Waals surface area contributed by atoms with Crippen LogP contribution in [0.4, 0.5) is 5.69 Å². The minimum atomic E-state index is -0.201. The lowest BCUT2D eigenvalue weighted by Crippen LogP contribution is -2.11. The molecule has 2 heterocycles. The van der Waals surface area contributed by atoms with E-state index in [-0.39, 0.29) is 5.91 Å². The van der Waals surface area contributed by atoms with Crippen LogP contribution >= 0.6 is 0 Å². The van der Waals surface area contributed by atoms with E-state index in [0.29, 0.717) is 16.8 Å². The van der Waals surface area contributed by atoms with E-state index in [2.05, 4.69) is 25.7 Å². The van der Waals surface area contributed by atoms with Gasteiger partial charge in [0.15, 0.2) is 0 Å². The largest absolute Gasteiger partial charge is 0.321 e. The van der Waals surface area contributed by atoms with Gasteiger partial charge in [-0.2, -0.15) is 15.4 Å². The highest BCUT2D eigenvalue weighted by molar-refractivity contribution is 6.05. The molecule has 1 amide bonds. The van der Waals surface area contributed by atoms with Crippen LogP contribution in [0.15, 0.2) is 42.7 Å². The molecule has 2 aromatic heterocycles. The summed E-state index contributed by atoms with van der Waals surface area (Å²) >= 11 is 0. The van der Waals surface area contributed by atoms with E-state index in [0.717, 1.165) is 5.52 Å². The Bertz CT molecular complexity index is 692. The van der Waals surface area contributed by atoms with Crippen LogP contribution in [0.25, 0.3) is 11.0 Å². The summed E-state index contributed by atoms with van der Waals surface area (Å²) in [6.45, 7) is 0. The third-order valence-electron chi connectivity index (χ3n) is 2.50. The molecule has 3 rings (SSSR count). The molecule has 0 aliphatic heterocycles. The van der Waals surface area contributed by atoms with Gasteiger partial charge in [0.25, 0.3) is 5.91 Å². The molecule has 6 nitrogen and oxygen atoms in total. The first-order valence-electron chi connectivity index (χ1n) is 5.35. The summed E-state index contributed by atoms with van der Waals surface area (Å²) in [5.41, 5.74) is 2.57. The molecule has 0 aliphatic rings. The standard InChI is InChI=1S/C12H9N5O/c18-12(14-9-2-1-5-13-7-9)8-3-4-10-11(6-8)16-17-15-10/h1-7H,(H,14,18)(H,15,16,17). The zero-order chi connectivity index (χ0) is 12.4. The monoisotopic (exact) mass is 239 g/mol. The lowest BCUT2D eigenvalue weighted by atomic mass is 10.2. The number of amides is 1. The molecule has 0 saturated heterocycles. The second-order valence-electron chi connectivity index (χ2n) is 3.72. The number of nitrogens with one attached hydrogen (secondary N) is 2. The first-order valence-corrected chi connectivity index (χ1v) is 5.35. The molecule has 6 heteroatoms. The molecular weight excluding hydrogens is 230 g/mol. The SMILES string of the molecule is O=C(Nc1cccnc1)c1ccc2n[nH]nc2c1. The Hall–Kier alpha value is -2.76. The second-order valence-corrected chi connectivity index (χ2v) is 3.72. The average Bonchev–Trinajstić information content (AvgIpc) is 2.87. The fraction of sp³-hybridized carbons (Fsp3) is 0. The Kier molecular flexibility index (Phi) is 2.45. The molecule has 0 fully saturated rings. The van der Waals surface area contributed by atoms with Gasteiger partial charge in [-0.05, 0) is 30.3 Å². The van der Waals surface area contributed by atoms with Crippen LogP contribution in [-0.4, -0.2) is 26.3 Å². The molecule has 88 valence electrons. The Morgan fingerprint density at radius 2 is 2.06 bits per heavy atom. The van der Waals surface area contributed by atoms with Gasteiger partial charge in [-0.25, -0.2) is 0 Å². The maximum absolute atomic E-state index is 12.0. The molecule has 18 heavy (non-hydrogen) atoms. The van der Waals surface area contributed by atoms with Crippen LogP contribution in [0, 0.1) is 0 Å². The molecule has 1 aromatic carbocycles. The van der Waals surface area contributed by atoms with E-state index in [1.165, 1.54) is 0 Å². The van der Waals surface area contributed by atoms with E-state index in [9.17, 15) is 4.79 Å². The van der Waals surface area contributed by atoms with E-state index in [1.54, 1.807) is 42.7 Å². The first-order chi connectivity index (χ1) is 8.83. The van der Waals surface area contributed by atoms with Crippen molar-refractivity contribution in [1.82, 2.24) is 20.4 Å². The zero-order valence-electron chi connectivity index (χ0n) is 9.29. The number of H-pyrrole nitrogens is 1. The van der Waals surface area contributed by atoms with Gasteiger partial charge < -0.3 is 5.32 Å². The summed E-state index contributed by atoms with van der Waals surface area (Å²) in [6, 6.07) is 8.67. The molecule has 2 N–H and O–H groups in total. The predicted octanol–water partition coefficient (Wildman–Crippen LogP) is 1.61. The van der Waals surface area contributed by atoms with Crippen LogP contribution in [0.3, 0.4) is 0 Å². The summed E-state index contributed by atoms with van der Waals surface area (Å²) in [6.07, 6.45) is 3.24. The van der Waals surface area contributed by atoms with Crippen molar-refractivity contribution < 1.29 is 4.79 Å². The van der Waals surface area contributed by atoms with Crippen LogP contribution in [-0.2, 0) is 0 Å². The van der Waals surface area contributed by atoms with Crippen LogP contribution in [0.5, 0.6) is 0 Å². The predicted molar refractivity (Wildman–Crippen MR) is 66.1 cm³/mol. The number of pyridine rings is 1. The molecule has 3 aromatic rings. The molecule has 0 bridgehead atoms. The minimum absolute atomic E-state index is 0.201. The van der Waals surface area contributed by atoms with E-state index < -0.39 is 0 Å². The van der Waals surface area contributed by atoms with E-state index >= 15 is 0 Å². The van der Waals surface area contributed by atoms with Gasteiger partial charge in [0.05, 0.1) is 11.9 Å². The smallest absolute Gasteiger partial charge is 0.255 e. The van der Waals surface area contributed by atoms with Crippen molar-refractivity contribution in [3.05, 3.63) is 48.3 Å². The van der Waals surface area contributed by atoms with Gasteiger partial charge in [0, 0.05) is 11.8 Å². The molecule has 0 radical (unpaired) electrons. The number of rotatable bonds is 2. The Morgan fingerprint density at radius 3 is 2.89 bits per heavy atom. The summed E-state index contributed by atoms with van der Waals surface area (Å²) in [7, 11) is 0. The van der Waals surface area contributed by atoms with Crippen LogP contribution in [0.1, 0.15) is 10.4 Å². The number of benzene rings is 1. The van der Waals surface area contributed by atoms with E-state index in [1.807, 2.05) is 0 Å². The van der Waals surface area contributed by atoms with Gasteiger partial charge >= 0.3 is 0 Å². The topological polar surface area (TPSA) is 83.6 Å². The molecular formula is C12H9N5O. The maximum Gasteiger partial charge on any atom is 0.255 e. The maximum atomic E-state index is 12.0. The van der Waals surface area contributed by atoms with Crippen molar-refractivity contribution in [3.8, 4) is 0 Å². The molecule has 0 aliphatic carbocycles. The Morgan fingerprint density at radius 1 is 1.17 bits per heavy atom. The molecule has 0 atom stereocenters. The number of hydrogen-bond acceptors (Lipinski definition) is 4. The van der Waals surface area contributed by atoms with Crippen molar-refractivity contribution in [2.75, 3.05) is 5.32 Å². The highest BCUT2D eigenvalue weighted by atomic mass is 16.1. The van der Waals surface area contributed by atoms with Crippen LogP contribution < -0.4 is 5.32 Å². The van der Waals surface area contributed by atoms with Crippen molar-refractivity contribution in [3.63, 3.8) is 0 Å². The third-order valence-corrected chi connectivity index (χ3v) is 2.50. The number of aromatic amines is 1. The number of fused-ring (bicyclic) bond motifs is 1. The fourth-order valence-corrected chi connectivity index (χ4v) is 1.62. The van der Waals surface area contributed by atoms with Crippen molar-refractivity contribution in [2.24, 2.45) is 0 Å².